The molecule has 8 rings (SSSR count). The van der Waals surface area contributed by atoms with Crippen LogP contribution in [0.3, 0.4) is 0 Å². The highest BCUT2D eigenvalue weighted by Crippen LogP contribution is 2.50. The van der Waals surface area contributed by atoms with E-state index in [4.69, 9.17) is 22.2 Å². The molecule has 0 unspecified atom stereocenters. The Hall–Kier alpha value is -4.86. The number of benzene rings is 6. The van der Waals surface area contributed by atoms with Crippen molar-refractivity contribution in [2.75, 3.05) is 0 Å². The molecule has 0 aromatic heterocycles. The summed E-state index contributed by atoms with van der Waals surface area (Å²) in [6.07, 6.45) is 11.7. The number of terminal acetylenes is 2. The molecule has 182 valence electrons. The fraction of sp³-hybridized carbons (Fsp3) is 0.111. The first-order chi connectivity index (χ1) is 18.9. The van der Waals surface area contributed by atoms with Gasteiger partial charge in [-0.15, -0.1) is 12.8 Å². The van der Waals surface area contributed by atoms with Crippen LogP contribution in [0.4, 0.5) is 0 Å². The van der Waals surface area contributed by atoms with E-state index in [1.807, 2.05) is 24.3 Å². The molecule has 2 heterocycles. The molecule has 0 N–H and O–H groups in total. The molecule has 0 aliphatic carbocycles. The number of hydrogen-bond donors (Lipinski definition) is 0. The summed E-state index contributed by atoms with van der Waals surface area (Å²) in [7, 11) is -0.571. The van der Waals surface area contributed by atoms with Crippen molar-refractivity contribution in [1.29, 1.82) is 0 Å². The van der Waals surface area contributed by atoms with E-state index in [1.54, 1.807) is 0 Å². The molecule has 3 heteroatoms. The smallest absolute Gasteiger partial charge is 0.521 e. The molecular formula is C36H23BO2. The maximum absolute atomic E-state index is 6.50. The molecule has 2 nitrogen and oxygen atoms in total. The van der Waals surface area contributed by atoms with Gasteiger partial charge in [-0.2, -0.15) is 0 Å². The number of fused-ring (bicyclic) bond motifs is 6. The Kier molecular flexibility index (Phi) is 4.19. The average Bonchev–Trinajstić information content (AvgIpc) is 2.95. The molecule has 0 bridgehead atoms. The van der Waals surface area contributed by atoms with Crippen molar-refractivity contribution in [2.24, 2.45) is 0 Å². The van der Waals surface area contributed by atoms with Crippen molar-refractivity contribution in [3.63, 3.8) is 0 Å². The van der Waals surface area contributed by atoms with E-state index in [9.17, 15) is 0 Å². The lowest BCUT2D eigenvalue weighted by atomic mass is 9.63. The lowest BCUT2D eigenvalue weighted by Gasteiger charge is -2.34. The highest BCUT2D eigenvalue weighted by atomic mass is 16.6. The lowest BCUT2D eigenvalue weighted by Crippen LogP contribution is -2.49. The van der Waals surface area contributed by atoms with Crippen LogP contribution in [0.1, 0.15) is 37.5 Å². The molecule has 0 amide bonds. The topological polar surface area (TPSA) is 18.5 Å². The standard InChI is InChI=1S/C36H23BO2/c1-6-20-8-14-29-27(16-20)33-25-12-10-22-18-24(36(3,4)5)19-23-11-13-26(32(25)31(22)23)34-28-17-21(7-2)9-15-30(28)39-37(38-29)35(33)34/h1-2,8-19H,3-5H3. The summed E-state index contributed by atoms with van der Waals surface area (Å²) in [4.78, 5) is 0. The number of hydrogen-bond acceptors (Lipinski definition) is 2. The van der Waals surface area contributed by atoms with Gasteiger partial charge in [-0.1, -0.05) is 69.0 Å². The maximum atomic E-state index is 6.50. The zero-order chi connectivity index (χ0) is 26.6. The van der Waals surface area contributed by atoms with Crippen LogP contribution in [0.15, 0.2) is 72.8 Å². The molecule has 2 aliphatic heterocycles. The molecule has 0 atom stereocenters. The predicted octanol–water partition coefficient (Wildman–Crippen LogP) is 7.66. The van der Waals surface area contributed by atoms with Crippen LogP contribution in [-0.2, 0) is 5.41 Å². The molecule has 0 saturated heterocycles. The molecule has 0 saturated carbocycles. The number of rotatable bonds is 0. The van der Waals surface area contributed by atoms with Crippen molar-refractivity contribution >= 4 is 44.9 Å². The summed E-state index contributed by atoms with van der Waals surface area (Å²) in [5.41, 5.74) is 8.25. The lowest BCUT2D eigenvalue weighted by molar-refractivity contribution is 0.436. The van der Waals surface area contributed by atoms with Gasteiger partial charge in [-0.25, -0.2) is 0 Å². The quantitative estimate of drug-likeness (QED) is 0.122. The first-order valence-electron chi connectivity index (χ1n) is 13.2. The SMILES string of the molecule is C#Cc1ccc2c(c1)-c1c3c(c4ccc5cc(C(C)(C)C)cc6ccc1c4c65)-c1cc(C#C)ccc1OB3O2. The normalized spacial score (nSPS) is 13.3. The fourth-order valence-corrected chi connectivity index (χ4v) is 6.46. The van der Waals surface area contributed by atoms with E-state index < -0.39 is 7.12 Å². The van der Waals surface area contributed by atoms with Gasteiger partial charge in [-0.05, 0) is 90.8 Å². The Bertz CT molecular complexity index is 1990. The van der Waals surface area contributed by atoms with Gasteiger partial charge < -0.3 is 9.31 Å². The van der Waals surface area contributed by atoms with Crippen LogP contribution in [0, 0.1) is 24.7 Å². The first kappa shape index (κ1) is 22.2. The molecule has 0 radical (unpaired) electrons. The molecule has 0 fully saturated rings. The van der Waals surface area contributed by atoms with Crippen LogP contribution in [0.25, 0.3) is 54.6 Å². The van der Waals surface area contributed by atoms with Crippen LogP contribution >= 0.6 is 0 Å². The van der Waals surface area contributed by atoms with Crippen LogP contribution in [0.5, 0.6) is 11.5 Å². The van der Waals surface area contributed by atoms with Crippen molar-refractivity contribution in [2.45, 2.75) is 26.2 Å². The Balaban J connectivity index is 1.61. The summed E-state index contributed by atoms with van der Waals surface area (Å²) < 4.78 is 13.0. The second-order valence-corrected chi connectivity index (χ2v) is 11.6. The highest BCUT2D eigenvalue weighted by molar-refractivity contribution is 6.69. The van der Waals surface area contributed by atoms with E-state index in [-0.39, 0.29) is 5.41 Å². The predicted molar refractivity (Wildman–Crippen MR) is 162 cm³/mol. The van der Waals surface area contributed by atoms with E-state index in [0.29, 0.717) is 0 Å². The van der Waals surface area contributed by atoms with Crippen molar-refractivity contribution < 1.29 is 9.31 Å². The van der Waals surface area contributed by atoms with Crippen molar-refractivity contribution in [3.05, 3.63) is 89.5 Å². The molecule has 6 aromatic carbocycles. The third-order valence-corrected chi connectivity index (χ3v) is 8.33. The van der Waals surface area contributed by atoms with E-state index >= 15 is 0 Å². The minimum Gasteiger partial charge on any atom is -0.521 e. The van der Waals surface area contributed by atoms with Crippen LogP contribution in [-0.4, -0.2) is 7.12 Å². The molecule has 39 heavy (non-hydrogen) atoms. The fourth-order valence-electron chi connectivity index (χ4n) is 6.46. The third kappa shape index (κ3) is 2.91. The van der Waals surface area contributed by atoms with Crippen molar-refractivity contribution in [3.8, 4) is 58.4 Å². The summed E-state index contributed by atoms with van der Waals surface area (Å²) in [6, 6.07) is 25.6. The Morgan fingerprint density at radius 1 is 0.641 bits per heavy atom. The second-order valence-electron chi connectivity index (χ2n) is 11.6. The maximum Gasteiger partial charge on any atom is 0.634 e. The first-order valence-corrected chi connectivity index (χ1v) is 13.2. The van der Waals surface area contributed by atoms with Gasteiger partial charge in [0.1, 0.15) is 11.5 Å². The van der Waals surface area contributed by atoms with Gasteiger partial charge in [0, 0.05) is 27.7 Å². The summed E-state index contributed by atoms with van der Waals surface area (Å²) in [5, 5.41) is 7.36. The average molecular weight is 498 g/mol. The van der Waals surface area contributed by atoms with Crippen LogP contribution in [0.2, 0.25) is 0 Å². The Labute approximate surface area is 228 Å². The van der Waals surface area contributed by atoms with Crippen molar-refractivity contribution in [1.82, 2.24) is 0 Å². The van der Waals surface area contributed by atoms with Gasteiger partial charge >= 0.3 is 7.12 Å². The Morgan fingerprint density at radius 3 is 1.62 bits per heavy atom. The Morgan fingerprint density at radius 2 is 1.15 bits per heavy atom. The zero-order valence-electron chi connectivity index (χ0n) is 22.0. The van der Waals surface area contributed by atoms with Gasteiger partial charge in [0.15, 0.2) is 0 Å². The van der Waals surface area contributed by atoms with Crippen LogP contribution < -0.4 is 14.8 Å². The van der Waals surface area contributed by atoms with E-state index in [1.165, 1.54) is 37.9 Å². The minimum absolute atomic E-state index is 0.0483. The summed E-state index contributed by atoms with van der Waals surface area (Å²) >= 11 is 0. The zero-order valence-corrected chi connectivity index (χ0v) is 22.0. The van der Waals surface area contributed by atoms with Gasteiger partial charge in [0.05, 0.1) is 0 Å². The summed E-state index contributed by atoms with van der Waals surface area (Å²) in [6.45, 7) is 6.79. The molecular weight excluding hydrogens is 475 g/mol. The largest absolute Gasteiger partial charge is 0.634 e. The molecule has 2 aliphatic rings. The van der Waals surface area contributed by atoms with E-state index in [2.05, 4.69) is 81.1 Å². The third-order valence-electron chi connectivity index (χ3n) is 8.33. The summed E-state index contributed by atoms with van der Waals surface area (Å²) in [5.74, 6) is 7.14. The second kappa shape index (κ2) is 7.38. The van der Waals surface area contributed by atoms with Gasteiger partial charge in [0.25, 0.3) is 0 Å². The molecule has 6 aromatic rings. The molecule has 0 spiro atoms. The minimum atomic E-state index is -0.571. The van der Waals surface area contributed by atoms with Gasteiger partial charge in [-0.3, -0.25) is 0 Å². The van der Waals surface area contributed by atoms with E-state index in [0.717, 1.165) is 50.3 Å². The monoisotopic (exact) mass is 498 g/mol. The highest BCUT2D eigenvalue weighted by Gasteiger charge is 2.43. The van der Waals surface area contributed by atoms with Gasteiger partial charge in [0.2, 0.25) is 0 Å².